The summed E-state index contributed by atoms with van der Waals surface area (Å²) in [5, 5.41) is 32.9. The van der Waals surface area contributed by atoms with E-state index in [1.807, 2.05) is 19.0 Å². The topological polar surface area (TPSA) is 108 Å². The number of aliphatic hydroxyl groups is 2. The number of hydrogen-bond acceptors (Lipinski definition) is 7. The third-order valence-electron chi connectivity index (χ3n) is 2.94. The number of para-hydroxylation sites is 2. The summed E-state index contributed by atoms with van der Waals surface area (Å²) in [4.78, 5) is 12.2. The second-order valence-electron chi connectivity index (χ2n) is 5.24. The third-order valence-corrected chi connectivity index (χ3v) is 2.94. The van der Waals surface area contributed by atoms with Crippen LogP contribution in [0, 0.1) is 10.1 Å². The molecule has 0 bridgehead atoms. The van der Waals surface area contributed by atoms with Crippen molar-refractivity contribution in [3.63, 3.8) is 0 Å². The predicted molar refractivity (Wildman–Crippen MR) is 82.0 cm³/mol. The Kier molecular flexibility index (Phi) is 7.75. The molecule has 0 aromatic heterocycles. The lowest BCUT2D eigenvalue weighted by molar-refractivity contribution is -0.385. The van der Waals surface area contributed by atoms with E-state index in [1.54, 1.807) is 12.1 Å². The molecule has 0 aliphatic rings. The van der Waals surface area contributed by atoms with E-state index in [9.17, 15) is 20.3 Å². The first-order valence-corrected chi connectivity index (χ1v) is 6.97. The van der Waals surface area contributed by atoms with E-state index >= 15 is 0 Å². The Morgan fingerprint density at radius 1 is 1.41 bits per heavy atom. The van der Waals surface area contributed by atoms with Crippen LogP contribution in [-0.2, 0) is 0 Å². The van der Waals surface area contributed by atoms with Crippen molar-refractivity contribution in [1.29, 1.82) is 0 Å². The van der Waals surface area contributed by atoms with E-state index in [1.165, 1.54) is 12.1 Å². The van der Waals surface area contributed by atoms with Crippen LogP contribution in [0.25, 0.3) is 0 Å². The molecule has 0 radical (unpaired) electrons. The average molecular weight is 313 g/mol. The molecule has 0 saturated carbocycles. The van der Waals surface area contributed by atoms with Crippen LogP contribution in [0.4, 0.5) is 5.69 Å². The van der Waals surface area contributed by atoms with Crippen molar-refractivity contribution < 1.29 is 19.9 Å². The van der Waals surface area contributed by atoms with Gasteiger partial charge in [0.2, 0.25) is 0 Å². The lowest BCUT2D eigenvalue weighted by Crippen LogP contribution is -2.45. The maximum absolute atomic E-state index is 10.8. The number of benzene rings is 1. The molecule has 22 heavy (non-hydrogen) atoms. The lowest BCUT2D eigenvalue weighted by atomic mass is 10.2. The number of nitro groups is 1. The average Bonchev–Trinajstić information content (AvgIpc) is 2.49. The second-order valence-corrected chi connectivity index (χ2v) is 5.24. The molecule has 124 valence electrons. The number of rotatable bonds is 10. The Balaban J connectivity index is 2.43. The standard InChI is InChI=1S/C14H23N3O5/c1-16(2)8-11(9-18)15-7-12(19)10-22-14-6-4-3-5-13(14)17(20)21/h3-6,11-12,15,18-19H,7-10H2,1-2H3. The van der Waals surface area contributed by atoms with Crippen LogP contribution < -0.4 is 10.1 Å². The minimum atomic E-state index is -0.837. The molecule has 1 rings (SSSR count). The summed E-state index contributed by atoms with van der Waals surface area (Å²) in [5.74, 6) is 0.124. The molecule has 0 aliphatic heterocycles. The highest BCUT2D eigenvalue weighted by Crippen LogP contribution is 2.25. The highest BCUT2D eigenvalue weighted by atomic mass is 16.6. The number of nitrogens with zero attached hydrogens (tertiary/aromatic N) is 2. The summed E-state index contributed by atoms with van der Waals surface area (Å²) in [6.45, 7) is 0.738. The maximum Gasteiger partial charge on any atom is 0.310 e. The van der Waals surface area contributed by atoms with E-state index in [-0.39, 0.29) is 37.2 Å². The number of nitro benzene ring substituents is 1. The van der Waals surface area contributed by atoms with Crippen LogP contribution in [-0.4, -0.2) is 72.6 Å². The molecule has 0 fully saturated rings. The van der Waals surface area contributed by atoms with Crippen molar-refractivity contribution in [2.75, 3.05) is 40.4 Å². The van der Waals surface area contributed by atoms with Gasteiger partial charge in [0.1, 0.15) is 12.7 Å². The highest BCUT2D eigenvalue weighted by molar-refractivity contribution is 5.45. The molecule has 0 heterocycles. The molecule has 0 aliphatic carbocycles. The van der Waals surface area contributed by atoms with Crippen molar-refractivity contribution >= 4 is 5.69 Å². The Morgan fingerprint density at radius 3 is 2.68 bits per heavy atom. The van der Waals surface area contributed by atoms with Gasteiger partial charge in [-0.05, 0) is 20.2 Å². The van der Waals surface area contributed by atoms with E-state index in [4.69, 9.17) is 4.74 Å². The van der Waals surface area contributed by atoms with Gasteiger partial charge in [0.15, 0.2) is 5.75 Å². The van der Waals surface area contributed by atoms with Gasteiger partial charge in [-0.3, -0.25) is 10.1 Å². The van der Waals surface area contributed by atoms with Crippen molar-refractivity contribution in [3.05, 3.63) is 34.4 Å². The summed E-state index contributed by atoms with van der Waals surface area (Å²) in [7, 11) is 3.77. The molecule has 8 heteroatoms. The molecule has 0 saturated heterocycles. The van der Waals surface area contributed by atoms with Gasteiger partial charge in [-0.15, -0.1) is 0 Å². The fourth-order valence-corrected chi connectivity index (χ4v) is 1.91. The lowest BCUT2D eigenvalue weighted by Gasteiger charge is -2.22. The van der Waals surface area contributed by atoms with Crippen molar-refractivity contribution in [3.8, 4) is 5.75 Å². The molecular weight excluding hydrogens is 290 g/mol. The minimum Gasteiger partial charge on any atom is -0.484 e. The molecule has 2 atom stereocenters. The van der Waals surface area contributed by atoms with E-state index < -0.39 is 11.0 Å². The van der Waals surface area contributed by atoms with Crippen LogP contribution >= 0.6 is 0 Å². The van der Waals surface area contributed by atoms with E-state index in [0.29, 0.717) is 6.54 Å². The SMILES string of the molecule is CN(C)CC(CO)NCC(O)COc1ccccc1[N+](=O)[O-]. The highest BCUT2D eigenvalue weighted by Gasteiger charge is 2.16. The predicted octanol–water partition coefficient (Wildman–Crippen LogP) is -0.153. The van der Waals surface area contributed by atoms with Crippen LogP contribution in [0.15, 0.2) is 24.3 Å². The molecule has 2 unspecified atom stereocenters. The number of ether oxygens (including phenoxy) is 1. The summed E-state index contributed by atoms with van der Waals surface area (Å²) in [6.07, 6.45) is -0.837. The molecular formula is C14H23N3O5. The fourth-order valence-electron chi connectivity index (χ4n) is 1.91. The van der Waals surface area contributed by atoms with E-state index in [0.717, 1.165) is 0 Å². The first-order chi connectivity index (χ1) is 10.4. The van der Waals surface area contributed by atoms with Crippen LogP contribution in [0.3, 0.4) is 0 Å². The zero-order chi connectivity index (χ0) is 16.5. The Morgan fingerprint density at radius 2 is 2.09 bits per heavy atom. The zero-order valence-corrected chi connectivity index (χ0v) is 12.8. The van der Waals surface area contributed by atoms with Crippen molar-refractivity contribution in [2.45, 2.75) is 12.1 Å². The number of hydrogen-bond donors (Lipinski definition) is 3. The first-order valence-electron chi connectivity index (χ1n) is 6.97. The van der Waals surface area contributed by atoms with Gasteiger partial charge in [-0.2, -0.15) is 0 Å². The third kappa shape index (κ3) is 6.35. The van der Waals surface area contributed by atoms with Gasteiger partial charge in [-0.1, -0.05) is 12.1 Å². The molecule has 8 nitrogen and oxygen atoms in total. The van der Waals surface area contributed by atoms with Gasteiger partial charge in [-0.25, -0.2) is 0 Å². The van der Waals surface area contributed by atoms with Gasteiger partial charge in [0, 0.05) is 25.2 Å². The summed E-state index contributed by atoms with van der Waals surface area (Å²) in [5.41, 5.74) is -0.136. The van der Waals surface area contributed by atoms with Crippen molar-refractivity contribution in [1.82, 2.24) is 10.2 Å². The number of nitrogens with one attached hydrogen (secondary N) is 1. The quantitative estimate of drug-likeness (QED) is 0.407. The normalized spacial score (nSPS) is 13.9. The number of aliphatic hydroxyl groups excluding tert-OH is 2. The minimum absolute atomic E-state index is 0.0457. The molecule has 1 aromatic rings. The summed E-state index contributed by atoms with van der Waals surface area (Å²) < 4.78 is 5.30. The summed E-state index contributed by atoms with van der Waals surface area (Å²) in [6, 6.07) is 5.86. The molecule has 0 spiro atoms. The molecule has 3 N–H and O–H groups in total. The molecule has 1 aromatic carbocycles. The number of likely N-dealkylation sites (N-methyl/N-ethyl adjacent to an activating group) is 1. The monoisotopic (exact) mass is 313 g/mol. The zero-order valence-electron chi connectivity index (χ0n) is 12.8. The van der Waals surface area contributed by atoms with Crippen LogP contribution in [0.2, 0.25) is 0 Å². The van der Waals surface area contributed by atoms with E-state index in [2.05, 4.69) is 5.32 Å². The van der Waals surface area contributed by atoms with Gasteiger partial charge < -0.3 is 25.2 Å². The van der Waals surface area contributed by atoms with Crippen molar-refractivity contribution in [2.24, 2.45) is 0 Å². The largest absolute Gasteiger partial charge is 0.484 e. The molecule has 0 amide bonds. The smallest absolute Gasteiger partial charge is 0.310 e. The van der Waals surface area contributed by atoms with Crippen LogP contribution in [0.5, 0.6) is 5.75 Å². The fraction of sp³-hybridized carbons (Fsp3) is 0.571. The summed E-state index contributed by atoms with van der Waals surface area (Å²) >= 11 is 0. The first kappa shape index (κ1) is 18.3. The Bertz CT molecular complexity index is 470. The van der Waals surface area contributed by atoms with Gasteiger partial charge in [0.05, 0.1) is 11.5 Å². The van der Waals surface area contributed by atoms with Gasteiger partial charge >= 0.3 is 5.69 Å². The Labute approximate surface area is 129 Å². The second kappa shape index (κ2) is 9.31. The van der Waals surface area contributed by atoms with Crippen LogP contribution in [0.1, 0.15) is 0 Å². The Hall–Kier alpha value is -1.74. The van der Waals surface area contributed by atoms with Gasteiger partial charge in [0.25, 0.3) is 0 Å². The maximum atomic E-state index is 10.8.